The fourth-order valence-electron chi connectivity index (χ4n) is 4.09. The van der Waals surface area contributed by atoms with Gasteiger partial charge in [-0.15, -0.1) is 0 Å². The molecular formula is C24H23FN6O3. The van der Waals surface area contributed by atoms with Gasteiger partial charge in [-0.3, -0.25) is 4.79 Å². The van der Waals surface area contributed by atoms with Gasteiger partial charge in [-0.25, -0.2) is 19.3 Å². The number of aromatic nitrogens is 3. The average Bonchev–Trinajstić information content (AvgIpc) is 3.49. The van der Waals surface area contributed by atoms with Crippen molar-refractivity contribution in [3.05, 3.63) is 36.7 Å². The van der Waals surface area contributed by atoms with Crippen molar-refractivity contribution in [2.24, 2.45) is 0 Å². The van der Waals surface area contributed by atoms with E-state index in [9.17, 15) is 9.18 Å². The van der Waals surface area contributed by atoms with Gasteiger partial charge in [-0.1, -0.05) is 0 Å². The average molecular weight is 466 g/mol. The second-order valence-electron chi connectivity index (χ2n) is 8.45. The summed E-state index contributed by atoms with van der Waals surface area (Å²) < 4.78 is 48.4. The van der Waals surface area contributed by atoms with Gasteiger partial charge in [0.15, 0.2) is 11.3 Å². The van der Waals surface area contributed by atoms with E-state index in [1.54, 1.807) is 0 Å². The molecule has 3 aromatic heterocycles. The van der Waals surface area contributed by atoms with Crippen LogP contribution in [0.25, 0.3) is 33.3 Å². The summed E-state index contributed by atoms with van der Waals surface area (Å²) in [6, 6.07) is 7.29. The molecule has 1 saturated heterocycles. The number of hydrogen-bond donors (Lipinski definition) is 2. The number of amides is 1. The molecule has 9 nitrogen and oxygen atoms in total. The van der Waals surface area contributed by atoms with Crippen molar-refractivity contribution in [2.75, 3.05) is 48.8 Å². The summed E-state index contributed by atoms with van der Waals surface area (Å²) >= 11 is 0. The molecule has 0 spiro atoms. The molecule has 1 amide bonds. The molecule has 4 aromatic rings. The van der Waals surface area contributed by atoms with Crippen molar-refractivity contribution in [1.82, 2.24) is 15.0 Å². The number of rotatable bonds is 5. The van der Waals surface area contributed by atoms with E-state index in [2.05, 4.69) is 30.5 Å². The van der Waals surface area contributed by atoms with E-state index in [0.717, 1.165) is 18.8 Å². The molecular weight excluding hydrogens is 439 g/mol. The van der Waals surface area contributed by atoms with Gasteiger partial charge in [0, 0.05) is 53.0 Å². The van der Waals surface area contributed by atoms with Crippen LogP contribution in [0, 0.1) is 0 Å². The zero-order valence-electron chi connectivity index (χ0n) is 21.1. The molecule has 6 rings (SSSR count). The Kier molecular flexibility index (Phi) is 4.11. The van der Waals surface area contributed by atoms with Crippen molar-refractivity contribution in [2.45, 2.75) is 18.5 Å². The number of oxazole rings is 1. The Hall–Kier alpha value is -3.79. The van der Waals surface area contributed by atoms with Crippen LogP contribution in [0.1, 0.15) is 17.0 Å². The topological polar surface area (TPSA) is 105 Å². The molecule has 0 bridgehead atoms. The Morgan fingerprint density at radius 1 is 1.18 bits per heavy atom. The molecule has 1 saturated carbocycles. The molecule has 10 heteroatoms. The zero-order valence-corrected chi connectivity index (χ0v) is 18.1. The first kappa shape index (κ1) is 17.7. The summed E-state index contributed by atoms with van der Waals surface area (Å²) in [5, 5.41) is 5.77. The number of alkyl halides is 1. The second kappa shape index (κ2) is 7.91. The van der Waals surface area contributed by atoms with Gasteiger partial charge in [-0.05, 0) is 37.1 Å². The SMILES string of the molecule is [2H]C([2H])([2H])Nc1ncc(-c2nc3cc(N4CCOCC4)ccc3o2)c2cc(NC(=O)C3(F)CC3)ncc12. The number of nitrogens with one attached hydrogen (secondary N) is 2. The number of morpholine rings is 1. The first-order chi connectivity index (χ1) is 17.7. The number of pyridine rings is 2. The van der Waals surface area contributed by atoms with Gasteiger partial charge in [-0.2, -0.15) is 0 Å². The number of carbonyl (C=O) groups excluding carboxylic acids is 1. The lowest BCUT2D eigenvalue weighted by molar-refractivity contribution is -0.122. The highest BCUT2D eigenvalue weighted by molar-refractivity contribution is 6.04. The lowest BCUT2D eigenvalue weighted by atomic mass is 10.1. The van der Waals surface area contributed by atoms with Crippen molar-refractivity contribution >= 4 is 45.1 Å². The number of carbonyl (C=O) groups is 1. The quantitative estimate of drug-likeness (QED) is 0.459. The van der Waals surface area contributed by atoms with Crippen molar-refractivity contribution < 1.29 is 22.5 Å². The van der Waals surface area contributed by atoms with Crippen molar-refractivity contribution in [3.63, 3.8) is 0 Å². The van der Waals surface area contributed by atoms with Crippen molar-refractivity contribution in [3.8, 4) is 11.5 Å². The summed E-state index contributed by atoms with van der Waals surface area (Å²) in [6.07, 6.45) is 3.17. The van der Waals surface area contributed by atoms with Crippen LogP contribution in [0.3, 0.4) is 0 Å². The Balaban J connectivity index is 1.42. The van der Waals surface area contributed by atoms with Crippen LogP contribution in [0.5, 0.6) is 0 Å². The number of benzene rings is 1. The molecule has 0 unspecified atom stereocenters. The Bertz CT molecular complexity index is 1520. The van der Waals surface area contributed by atoms with Crippen LogP contribution < -0.4 is 15.5 Å². The largest absolute Gasteiger partial charge is 0.436 e. The number of hydrogen-bond acceptors (Lipinski definition) is 8. The lowest BCUT2D eigenvalue weighted by Gasteiger charge is -2.28. The summed E-state index contributed by atoms with van der Waals surface area (Å²) in [5.41, 5.74) is 0.817. The predicted octanol–water partition coefficient (Wildman–Crippen LogP) is 3.76. The highest BCUT2D eigenvalue weighted by atomic mass is 19.1. The minimum Gasteiger partial charge on any atom is -0.436 e. The van der Waals surface area contributed by atoms with E-state index in [0.29, 0.717) is 40.6 Å². The number of ether oxygens (including phenoxy) is 1. The van der Waals surface area contributed by atoms with Gasteiger partial charge in [0.1, 0.15) is 17.2 Å². The molecule has 2 fully saturated rings. The molecule has 0 radical (unpaired) electrons. The fourth-order valence-corrected chi connectivity index (χ4v) is 4.09. The molecule has 4 heterocycles. The molecule has 2 aliphatic rings. The number of halogens is 1. The number of fused-ring (bicyclic) bond motifs is 2. The van der Waals surface area contributed by atoms with E-state index in [4.69, 9.17) is 13.3 Å². The number of nitrogens with zero attached hydrogens (tertiary/aromatic N) is 4. The van der Waals surface area contributed by atoms with E-state index in [1.807, 2.05) is 18.2 Å². The standard InChI is InChI=1S/C24H23FN6O3/c1-26-21-16-12-27-20(30-23(32)24(25)4-5-24)11-15(16)17(13-28-21)22-29-18-10-14(2-3-19(18)34-22)31-6-8-33-9-7-31/h2-3,10-13H,4-9H2,1H3,(H,26,28)(H,27,30,32)/i1D3. The van der Waals surface area contributed by atoms with Crippen LogP contribution in [-0.4, -0.2) is 59.8 Å². The van der Waals surface area contributed by atoms with Crippen LogP contribution in [0.4, 0.5) is 21.7 Å². The van der Waals surface area contributed by atoms with E-state index >= 15 is 0 Å². The molecule has 1 aromatic carbocycles. The molecule has 2 N–H and O–H groups in total. The molecule has 1 aliphatic heterocycles. The third kappa shape index (κ3) is 3.60. The molecule has 174 valence electrons. The van der Waals surface area contributed by atoms with E-state index < -0.39 is 18.6 Å². The van der Waals surface area contributed by atoms with E-state index in [-0.39, 0.29) is 30.4 Å². The fraction of sp³-hybridized carbons (Fsp3) is 0.333. The minimum atomic E-state index is -2.49. The Labute approximate surface area is 198 Å². The van der Waals surface area contributed by atoms with Gasteiger partial charge in [0.05, 0.1) is 18.8 Å². The minimum absolute atomic E-state index is 0.0824. The summed E-state index contributed by atoms with van der Waals surface area (Å²) in [6.45, 7) is 0.392. The first-order valence-electron chi connectivity index (χ1n) is 12.5. The summed E-state index contributed by atoms with van der Waals surface area (Å²) in [4.78, 5) is 27.6. The highest BCUT2D eigenvalue weighted by Gasteiger charge is 2.51. The van der Waals surface area contributed by atoms with Crippen LogP contribution in [0.15, 0.2) is 41.1 Å². The van der Waals surface area contributed by atoms with Gasteiger partial charge in [0.2, 0.25) is 5.89 Å². The first-order valence-corrected chi connectivity index (χ1v) is 11.0. The Morgan fingerprint density at radius 3 is 2.82 bits per heavy atom. The monoisotopic (exact) mass is 465 g/mol. The molecule has 1 aliphatic carbocycles. The maximum Gasteiger partial charge on any atom is 0.263 e. The van der Waals surface area contributed by atoms with E-state index in [1.165, 1.54) is 18.5 Å². The van der Waals surface area contributed by atoms with Crippen LogP contribution in [0.2, 0.25) is 0 Å². The van der Waals surface area contributed by atoms with Gasteiger partial charge < -0.3 is 24.7 Å². The molecule has 0 atom stereocenters. The van der Waals surface area contributed by atoms with Gasteiger partial charge in [0.25, 0.3) is 5.91 Å². The second-order valence-corrected chi connectivity index (χ2v) is 8.45. The third-order valence-electron chi connectivity index (χ3n) is 6.21. The predicted molar refractivity (Wildman–Crippen MR) is 127 cm³/mol. The maximum atomic E-state index is 14.2. The Morgan fingerprint density at radius 2 is 2.03 bits per heavy atom. The normalized spacial score (nSPS) is 18.9. The maximum absolute atomic E-state index is 14.2. The summed E-state index contributed by atoms with van der Waals surface area (Å²) in [7, 11) is 0. The van der Waals surface area contributed by atoms with Crippen LogP contribution >= 0.6 is 0 Å². The number of anilines is 3. The third-order valence-corrected chi connectivity index (χ3v) is 6.21. The summed E-state index contributed by atoms with van der Waals surface area (Å²) in [5.74, 6) is -0.286. The lowest BCUT2D eigenvalue weighted by Crippen LogP contribution is -2.36. The molecule has 34 heavy (non-hydrogen) atoms. The zero-order chi connectivity index (χ0) is 25.8. The highest BCUT2D eigenvalue weighted by Crippen LogP contribution is 2.41. The van der Waals surface area contributed by atoms with Crippen LogP contribution in [-0.2, 0) is 9.53 Å². The van der Waals surface area contributed by atoms with Crippen molar-refractivity contribution in [1.29, 1.82) is 0 Å². The smallest absolute Gasteiger partial charge is 0.263 e. The van der Waals surface area contributed by atoms with Gasteiger partial charge >= 0.3 is 0 Å².